The number of methoxy groups -OCH3 is 1. The molecule has 1 aromatic rings. The second-order valence-electron chi connectivity index (χ2n) is 4.34. The third-order valence-electron chi connectivity index (χ3n) is 2.71. The van der Waals surface area contributed by atoms with Gasteiger partial charge in [0.2, 0.25) is 10.0 Å². The van der Waals surface area contributed by atoms with Gasteiger partial charge in [-0.3, -0.25) is 0 Å². The summed E-state index contributed by atoms with van der Waals surface area (Å²) >= 11 is 0. The zero-order valence-electron chi connectivity index (χ0n) is 12.0. The van der Waals surface area contributed by atoms with Crippen molar-refractivity contribution in [1.29, 1.82) is 5.26 Å². The van der Waals surface area contributed by atoms with Crippen LogP contribution in [0.1, 0.15) is 12.0 Å². The van der Waals surface area contributed by atoms with Crippen LogP contribution in [0.4, 0.5) is 0 Å². The van der Waals surface area contributed by atoms with Crippen molar-refractivity contribution < 1.29 is 17.9 Å². The Bertz CT molecular complexity index is 549. The smallest absolute Gasteiger partial charge is 0.240 e. The second kappa shape index (κ2) is 9.47. The maximum absolute atomic E-state index is 12.0. The summed E-state index contributed by atoms with van der Waals surface area (Å²) in [5.41, 5.74) is 0.794. The molecule has 7 heteroatoms. The van der Waals surface area contributed by atoms with E-state index < -0.39 is 10.0 Å². The predicted octanol–water partition coefficient (Wildman–Crippen LogP) is 1.08. The van der Waals surface area contributed by atoms with Crippen molar-refractivity contribution in [2.75, 3.05) is 33.5 Å². The highest BCUT2D eigenvalue weighted by atomic mass is 32.2. The zero-order chi connectivity index (χ0) is 15.6. The van der Waals surface area contributed by atoms with Crippen LogP contribution < -0.4 is 4.72 Å². The lowest BCUT2D eigenvalue weighted by Crippen LogP contribution is -2.25. The third kappa shape index (κ3) is 6.69. The monoisotopic (exact) mass is 312 g/mol. The first-order chi connectivity index (χ1) is 10.1. The number of benzene rings is 1. The molecule has 0 amide bonds. The van der Waals surface area contributed by atoms with Crippen molar-refractivity contribution in [2.24, 2.45) is 0 Å². The van der Waals surface area contributed by atoms with Gasteiger partial charge in [0.25, 0.3) is 0 Å². The van der Waals surface area contributed by atoms with Gasteiger partial charge in [0.15, 0.2) is 0 Å². The summed E-state index contributed by atoms with van der Waals surface area (Å²) in [5.74, 6) is 0. The summed E-state index contributed by atoms with van der Waals surface area (Å²) in [4.78, 5) is 0.199. The molecular formula is C14H20N2O4S. The van der Waals surface area contributed by atoms with Crippen LogP contribution in [-0.2, 0) is 25.9 Å². The van der Waals surface area contributed by atoms with Crippen molar-refractivity contribution >= 4 is 10.0 Å². The van der Waals surface area contributed by atoms with Gasteiger partial charge in [-0.15, -0.1) is 0 Å². The number of sulfonamides is 1. The van der Waals surface area contributed by atoms with E-state index in [0.717, 1.165) is 5.56 Å². The van der Waals surface area contributed by atoms with Crippen LogP contribution >= 0.6 is 0 Å². The Kier molecular flexibility index (Phi) is 7.93. The first-order valence-corrected chi connectivity index (χ1v) is 8.10. The SMILES string of the molecule is COCCOCCCNS(=O)(=O)c1ccc(CC#N)cc1. The summed E-state index contributed by atoms with van der Waals surface area (Å²) in [5, 5.41) is 8.57. The molecule has 1 aromatic carbocycles. The molecule has 0 aliphatic rings. The van der Waals surface area contributed by atoms with Gasteiger partial charge in [0.05, 0.1) is 30.6 Å². The fraction of sp³-hybridized carbons (Fsp3) is 0.500. The van der Waals surface area contributed by atoms with E-state index >= 15 is 0 Å². The predicted molar refractivity (Wildman–Crippen MR) is 78.3 cm³/mol. The van der Waals surface area contributed by atoms with E-state index in [1.54, 1.807) is 19.2 Å². The quantitative estimate of drug-likeness (QED) is 0.653. The molecule has 0 spiro atoms. The van der Waals surface area contributed by atoms with E-state index in [1.807, 2.05) is 6.07 Å². The van der Waals surface area contributed by atoms with Crippen LogP contribution in [0.5, 0.6) is 0 Å². The number of hydrogen-bond acceptors (Lipinski definition) is 5. The molecule has 0 saturated heterocycles. The molecule has 0 saturated carbocycles. The average Bonchev–Trinajstić information content (AvgIpc) is 2.47. The van der Waals surface area contributed by atoms with E-state index in [9.17, 15) is 8.42 Å². The Morgan fingerprint density at radius 1 is 1.19 bits per heavy atom. The van der Waals surface area contributed by atoms with Crippen molar-refractivity contribution in [3.05, 3.63) is 29.8 Å². The molecule has 116 valence electrons. The standard InChI is InChI=1S/C14H20N2O4S/c1-19-11-12-20-10-2-9-16-21(17,18)14-5-3-13(4-6-14)7-8-15/h3-6,16H,2,7,9-12H2,1H3. The van der Waals surface area contributed by atoms with Gasteiger partial charge < -0.3 is 9.47 Å². The lowest BCUT2D eigenvalue weighted by Gasteiger charge is -2.07. The molecule has 1 rings (SSSR count). The number of ether oxygens (including phenoxy) is 2. The van der Waals surface area contributed by atoms with E-state index in [0.29, 0.717) is 32.8 Å². The van der Waals surface area contributed by atoms with Crippen LogP contribution in [0.25, 0.3) is 0 Å². The van der Waals surface area contributed by atoms with Crippen LogP contribution in [0, 0.1) is 11.3 Å². The molecule has 0 unspecified atom stereocenters. The molecule has 1 N–H and O–H groups in total. The Morgan fingerprint density at radius 2 is 1.90 bits per heavy atom. The van der Waals surface area contributed by atoms with Gasteiger partial charge in [-0.05, 0) is 24.1 Å². The molecule has 6 nitrogen and oxygen atoms in total. The summed E-state index contributed by atoms with van der Waals surface area (Å²) in [6, 6.07) is 8.31. The normalized spacial score (nSPS) is 11.2. The van der Waals surface area contributed by atoms with Gasteiger partial charge in [-0.2, -0.15) is 5.26 Å². The number of nitriles is 1. The average molecular weight is 312 g/mol. The topological polar surface area (TPSA) is 88.4 Å². The van der Waals surface area contributed by atoms with E-state index in [4.69, 9.17) is 14.7 Å². The maximum atomic E-state index is 12.0. The van der Waals surface area contributed by atoms with E-state index in [2.05, 4.69) is 4.72 Å². The number of rotatable bonds is 10. The first kappa shape index (κ1) is 17.6. The lowest BCUT2D eigenvalue weighted by atomic mass is 10.2. The molecule has 0 aliphatic heterocycles. The summed E-state index contributed by atoms with van der Waals surface area (Å²) in [6.07, 6.45) is 0.863. The van der Waals surface area contributed by atoms with E-state index in [1.165, 1.54) is 12.1 Å². The summed E-state index contributed by atoms with van der Waals surface area (Å²) in [6.45, 7) is 1.83. The number of hydrogen-bond donors (Lipinski definition) is 1. The van der Waals surface area contributed by atoms with Crippen molar-refractivity contribution in [2.45, 2.75) is 17.7 Å². The molecule has 0 heterocycles. The minimum Gasteiger partial charge on any atom is -0.382 e. The highest BCUT2D eigenvalue weighted by Crippen LogP contribution is 2.10. The fourth-order valence-electron chi connectivity index (χ4n) is 1.59. The molecule has 21 heavy (non-hydrogen) atoms. The van der Waals surface area contributed by atoms with Gasteiger partial charge >= 0.3 is 0 Å². The minimum atomic E-state index is -3.50. The Hall–Kier alpha value is -1.46. The lowest BCUT2D eigenvalue weighted by molar-refractivity contribution is 0.0699. The Morgan fingerprint density at radius 3 is 2.52 bits per heavy atom. The summed E-state index contributed by atoms with van der Waals surface area (Å²) < 4.78 is 36.6. The van der Waals surface area contributed by atoms with Gasteiger partial charge in [0, 0.05) is 20.3 Å². The van der Waals surface area contributed by atoms with Crippen molar-refractivity contribution in [3.63, 3.8) is 0 Å². The Labute approximate surface area is 125 Å². The van der Waals surface area contributed by atoms with Crippen LogP contribution in [-0.4, -0.2) is 41.9 Å². The molecule has 0 radical (unpaired) electrons. The van der Waals surface area contributed by atoms with Gasteiger partial charge in [-0.1, -0.05) is 12.1 Å². The highest BCUT2D eigenvalue weighted by molar-refractivity contribution is 7.89. The van der Waals surface area contributed by atoms with Crippen molar-refractivity contribution in [1.82, 2.24) is 4.72 Å². The highest BCUT2D eigenvalue weighted by Gasteiger charge is 2.12. The van der Waals surface area contributed by atoms with Gasteiger partial charge in [0.1, 0.15) is 0 Å². The molecular weight excluding hydrogens is 292 g/mol. The zero-order valence-corrected chi connectivity index (χ0v) is 12.9. The molecule has 0 atom stereocenters. The Balaban J connectivity index is 2.37. The third-order valence-corrected chi connectivity index (χ3v) is 4.18. The second-order valence-corrected chi connectivity index (χ2v) is 6.10. The molecule has 0 aliphatic carbocycles. The fourth-order valence-corrected chi connectivity index (χ4v) is 2.66. The largest absolute Gasteiger partial charge is 0.382 e. The first-order valence-electron chi connectivity index (χ1n) is 6.62. The molecule has 0 fully saturated rings. The molecule has 0 bridgehead atoms. The number of nitrogens with zero attached hydrogens (tertiary/aromatic N) is 1. The van der Waals surface area contributed by atoms with Crippen LogP contribution in [0.3, 0.4) is 0 Å². The van der Waals surface area contributed by atoms with Crippen molar-refractivity contribution in [3.8, 4) is 6.07 Å². The maximum Gasteiger partial charge on any atom is 0.240 e. The van der Waals surface area contributed by atoms with E-state index in [-0.39, 0.29) is 11.3 Å². The number of nitrogens with one attached hydrogen (secondary N) is 1. The minimum absolute atomic E-state index is 0.199. The van der Waals surface area contributed by atoms with Crippen LogP contribution in [0.2, 0.25) is 0 Å². The van der Waals surface area contributed by atoms with Crippen LogP contribution in [0.15, 0.2) is 29.2 Å². The van der Waals surface area contributed by atoms with Gasteiger partial charge in [-0.25, -0.2) is 13.1 Å². The summed E-state index contributed by atoms with van der Waals surface area (Å²) in [7, 11) is -1.91. The molecule has 0 aromatic heterocycles.